The molecule has 0 saturated carbocycles. The average Bonchev–Trinajstić information content (AvgIpc) is 3.06. The Bertz CT molecular complexity index is 505. The summed E-state index contributed by atoms with van der Waals surface area (Å²) in [5.41, 5.74) is 1.03. The van der Waals surface area contributed by atoms with Crippen LogP contribution in [0.1, 0.15) is 19.4 Å². The van der Waals surface area contributed by atoms with E-state index in [2.05, 4.69) is 0 Å². The number of aliphatic hydroxyl groups is 1. The third-order valence-electron chi connectivity index (χ3n) is 4.14. The van der Waals surface area contributed by atoms with Gasteiger partial charge in [0.05, 0.1) is 13.2 Å². The SMILES string of the molecule is CO[C@@H]1O[C@@H]([C@H]2COC(C)(C)O2)[C@H](OCc2ccccc2)[C@H]1O. The normalized spacial score (nSPS) is 36.4. The first-order valence-corrected chi connectivity index (χ1v) is 7.84. The molecule has 0 aromatic heterocycles. The zero-order chi connectivity index (χ0) is 16.4. The van der Waals surface area contributed by atoms with Crippen molar-refractivity contribution in [1.82, 2.24) is 0 Å². The van der Waals surface area contributed by atoms with Crippen LogP contribution >= 0.6 is 0 Å². The molecule has 0 radical (unpaired) electrons. The number of ether oxygens (including phenoxy) is 5. The van der Waals surface area contributed by atoms with E-state index in [1.54, 1.807) is 0 Å². The molecule has 6 heteroatoms. The van der Waals surface area contributed by atoms with Crippen molar-refractivity contribution in [2.24, 2.45) is 0 Å². The van der Waals surface area contributed by atoms with E-state index in [1.165, 1.54) is 7.11 Å². The van der Waals surface area contributed by atoms with E-state index in [0.717, 1.165) is 5.56 Å². The van der Waals surface area contributed by atoms with Crippen LogP contribution in [0.15, 0.2) is 30.3 Å². The second kappa shape index (κ2) is 6.84. The van der Waals surface area contributed by atoms with Gasteiger partial charge in [-0.1, -0.05) is 30.3 Å². The molecule has 0 unspecified atom stereocenters. The van der Waals surface area contributed by atoms with Crippen LogP contribution in [0.3, 0.4) is 0 Å². The molecule has 0 spiro atoms. The van der Waals surface area contributed by atoms with Crippen LogP contribution in [0.4, 0.5) is 0 Å². The molecule has 3 rings (SSSR count). The van der Waals surface area contributed by atoms with Gasteiger partial charge in [-0.3, -0.25) is 0 Å². The number of hydrogen-bond acceptors (Lipinski definition) is 6. The van der Waals surface area contributed by atoms with Crippen molar-refractivity contribution >= 4 is 0 Å². The number of benzene rings is 1. The highest BCUT2D eigenvalue weighted by molar-refractivity contribution is 5.13. The second-order valence-electron chi connectivity index (χ2n) is 6.32. The van der Waals surface area contributed by atoms with Crippen LogP contribution in [0.2, 0.25) is 0 Å². The van der Waals surface area contributed by atoms with E-state index in [1.807, 2.05) is 44.2 Å². The highest BCUT2D eigenvalue weighted by Gasteiger charge is 2.51. The summed E-state index contributed by atoms with van der Waals surface area (Å²) in [6.07, 6.45) is -2.89. The maximum absolute atomic E-state index is 10.4. The molecule has 0 amide bonds. The fourth-order valence-electron chi connectivity index (χ4n) is 2.99. The summed E-state index contributed by atoms with van der Waals surface area (Å²) in [5, 5.41) is 10.4. The van der Waals surface area contributed by atoms with Gasteiger partial charge in [0.2, 0.25) is 0 Å². The first-order valence-electron chi connectivity index (χ1n) is 7.84. The molecular formula is C17H24O6. The molecule has 1 aromatic rings. The van der Waals surface area contributed by atoms with E-state index in [0.29, 0.717) is 13.2 Å². The van der Waals surface area contributed by atoms with E-state index >= 15 is 0 Å². The van der Waals surface area contributed by atoms with Crippen molar-refractivity contribution in [3.8, 4) is 0 Å². The van der Waals surface area contributed by atoms with Gasteiger partial charge in [-0.25, -0.2) is 0 Å². The van der Waals surface area contributed by atoms with Gasteiger partial charge in [-0.05, 0) is 19.4 Å². The average molecular weight is 324 g/mol. The van der Waals surface area contributed by atoms with Crippen molar-refractivity contribution in [2.75, 3.05) is 13.7 Å². The Hall–Kier alpha value is -1.02. The van der Waals surface area contributed by atoms with Gasteiger partial charge in [0.1, 0.15) is 24.4 Å². The lowest BCUT2D eigenvalue weighted by Crippen LogP contribution is -2.42. The Balaban J connectivity index is 1.69. The summed E-state index contributed by atoms with van der Waals surface area (Å²) in [7, 11) is 1.50. The summed E-state index contributed by atoms with van der Waals surface area (Å²) in [6, 6.07) is 9.80. The second-order valence-corrected chi connectivity index (χ2v) is 6.32. The molecule has 2 aliphatic heterocycles. The topological polar surface area (TPSA) is 66.4 Å². The van der Waals surface area contributed by atoms with Crippen molar-refractivity contribution in [2.45, 2.75) is 56.9 Å². The number of methoxy groups -OCH3 is 1. The molecule has 1 aromatic carbocycles. The summed E-state index contributed by atoms with van der Waals surface area (Å²) in [4.78, 5) is 0. The molecule has 6 nitrogen and oxygen atoms in total. The minimum Gasteiger partial charge on any atom is -0.385 e. The van der Waals surface area contributed by atoms with Gasteiger partial charge in [0.15, 0.2) is 12.1 Å². The molecule has 2 aliphatic rings. The highest BCUT2D eigenvalue weighted by Crippen LogP contribution is 2.34. The van der Waals surface area contributed by atoms with E-state index in [-0.39, 0.29) is 6.10 Å². The summed E-state index contributed by atoms with van der Waals surface area (Å²) < 4.78 is 28.4. The van der Waals surface area contributed by atoms with Crippen LogP contribution in [0.5, 0.6) is 0 Å². The van der Waals surface area contributed by atoms with Gasteiger partial charge in [0, 0.05) is 7.11 Å². The maximum Gasteiger partial charge on any atom is 0.186 e. The molecule has 2 fully saturated rings. The molecule has 5 atom stereocenters. The van der Waals surface area contributed by atoms with E-state index < -0.39 is 30.4 Å². The van der Waals surface area contributed by atoms with Gasteiger partial charge < -0.3 is 28.8 Å². The molecule has 128 valence electrons. The third kappa shape index (κ3) is 3.74. The summed E-state index contributed by atoms with van der Waals surface area (Å²) in [5.74, 6) is -0.659. The molecule has 0 aliphatic carbocycles. The number of rotatable bonds is 5. The van der Waals surface area contributed by atoms with Crippen LogP contribution in [-0.4, -0.2) is 55.3 Å². The Morgan fingerprint density at radius 2 is 2.00 bits per heavy atom. The lowest BCUT2D eigenvalue weighted by molar-refractivity contribution is -0.186. The molecule has 23 heavy (non-hydrogen) atoms. The smallest absolute Gasteiger partial charge is 0.186 e. The lowest BCUT2D eigenvalue weighted by atomic mass is 10.1. The van der Waals surface area contributed by atoms with Gasteiger partial charge >= 0.3 is 0 Å². The fourth-order valence-corrected chi connectivity index (χ4v) is 2.99. The Kier molecular flexibility index (Phi) is 5.01. The summed E-state index contributed by atoms with van der Waals surface area (Å²) >= 11 is 0. The first kappa shape index (κ1) is 16.8. The fraction of sp³-hybridized carbons (Fsp3) is 0.647. The predicted octanol–water partition coefficient (Wildman–Crippen LogP) is 1.46. The quantitative estimate of drug-likeness (QED) is 0.884. The lowest BCUT2D eigenvalue weighted by Gasteiger charge is -2.25. The van der Waals surface area contributed by atoms with E-state index in [4.69, 9.17) is 23.7 Å². The number of aliphatic hydroxyl groups excluding tert-OH is 1. The molecular weight excluding hydrogens is 300 g/mol. The third-order valence-corrected chi connectivity index (χ3v) is 4.14. The monoisotopic (exact) mass is 324 g/mol. The van der Waals surface area contributed by atoms with Crippen molar-refractivity contribution in [1.29, 1.82) is 0 Å². The van der Waals surface area contributed by atoms with Crippen molar-refractivity contribution < 1.29 is 28.8 Å². The standard InChI is InChI=1S/C17H24O6/c1-17(2)21-10-12(23-17)14-15(13(18)16(19-3)22-14)20-9-11-7-5-4-6-8-11/h4-8,12-16,18H,9-10H2,1-3H3/t12-,13-,14+,15-,16-/m1/s1. The molecule has 2 saturated heterocycles. The largest absolute Gasteiger partial charge is 0.385 e. The van der Waals surface area contributed by atoms with Gasteiger partial charge in [-0.2, -0.15) is 0 Å². The van der Waals surface area contributed by atoms with Crippen LogP contribution in [-0.2, 0) is 30.3 Å². The van der Waals surface area contributed by atoms with E-state index in [9.17, 15) is 5.11 Å². The van der Waals surface area contributed by atoms with Crippen molar-refractivity contribution in [3.05, 3.63) is 35.9 Å². The minimum atomic E-state index is -0.874. The molecule has 0 bridgehead atoms. The zero-order valence-corrected chi connectivity index (χ0v) is 13.7. The van der Waals surface area contributed by atoms with Crippen LogP contribution in [0.25, 0.3) is 0 Å². The minimum absolute atomic E-state index is 0.305. The number of hydrogen-bond donors (Lipinski definition) is 1. The maximum atomic E-state index is 10.4. The predicted molar refractivity (Wildman–Crippen MR) is 81.6 cm³/mol. The highest BCUT2D eigenvalue weighted by atomic mass is 16.8. The molecule has 2 heterocycles. The van der Waals surface area contributed by atoms with Crippen molar-refractivity contribution in [3.63, 3.8) is 0 Å². The van der Waals surface area contributed by atoms with Gasteiger partial charge in [0.25, 0.3) is 0 Å². The summed E-state index contributed by atoms with van der Waals surface area (Å²) in [6.45, 7) is 4.49. The first-order chi connectivity index (χ1) is 11.0. The molecule has 1 N–H and O–H groups in total. The van der Waals surface area contributed by atoms with Crippen LogP contribution < -0.4 is 0 Å². The zero-order valence-electron chi connectivity index (χ0n) is 13.7. The Morgan fingerprint density at radius 1 is 1.26 bits per heavy atom. The van der Waals surface area contributed by atoms with Crippen LogP contribution in [0, 0.1) is 0 Å². The Morgan fingerprint density at radius 3 is 2.61 bits per heavy atom. The Labute approximate surface area is 136 Å². The van der Waals surface area contributed by atoms with Gasteiger partial charge in [-0.15, -0.1) is 0 Å².